The maximum absolute atomic E-state index is 12.2. The van der Waals surface area contributed by atoms with Crippen LogP contribution in [0, 0.1) is 23.2 Å². The molecular weight excluding hydrogens is 216 g/mol. The molecule has 1 saturated heterocycles. The summed E-state index contributed by atoms with van der Waals surface area (Å²) in [6, 6.07) is 0. The Kier molecular flexibility index (Phi) is 2.49. The van der Waals surface area contributed by atoms with Gasteiger partial charge in [-0.1, -0.05) is 12.2 Å². The highest BCUT2D eigenvalue weighted by atomic mass is 16.5. The van der Waals surface area contributed by atoms with Crippen LogP contribution in [0.1, 0.15) is 19.3 Å². The van der Waals surface area contributed by atoms with Crippen LogP contribution in [0.3, 0.4) is 0 Å². The van der Waals surface area contributed by atoms with Gasteiger partial charge in [0.2, 0.25) is 0 Å². The van der Waals surface area contributed by atoms with Gasteiger partial charge in [0, 0.05) is 5.92 Å². The number of hydrogen-bond donors (Lipinski definition) is 0. The molecule has 17 heavy (non-hydrogen) atoms. The molecule has 0 unspecified atom stereocenters. The van der Waals surface area contributed by atoms with Crippen molar-refractivity contribution in [3.8, 4) is 0 Å². The lowest BCUT2D eigenvalue weighted by Crippen LogP contribution is -2.46. The first-order valence-electron chi connectivity index (χ1n) is 6.32. The Morgan fingerprint density at radius 2 is 2.35 bits per heavy atom. The topological polar surface area (TPSA) is 35.5 Å². The third kappa shape index (κ3) is 1.44. The summed E-state index contributed by atoms with van der Waals surface area (Å²) in [4.78, 5) is 12.2. The fraction of sp³-hybridized carbons (Fsp3) is 0.643. The van der Waals surface area contributed by atoms with Crippen LogP contribution in [0.4, 0.5) is 0 Å². The Labute approximate surface area is 101 Å². The molecule has 0 aromatic carbocycles. The lowest BCUT2D eigenvalue weighted by atomic mass is 9.55. The quantitative estimate of drug-likeness (QED) is 0.418. The van der Waals surface area contributed by atoms with Gasteiger partial charge in [0.15, 0.2) is 0 Å². The normalized spacial score (nSPS) is 43.6. The molecular formula is C14H18O3. The van der Waals surface area contributed by atoms with Crippen molar-refractivity contribution in [3.05, 3.63) is 24.5 Å². The van der Waals surface area contributed by atoms with Crippen molar-refractivity contribution in [3.63, 3.8) is 0 Å². The van der Waals surface area contributed by atoms with Crippen molar-refractivity contribution in [2.45, 2.75) is 19.3 Å². The van der Waals surface area contributed by atoms with Crippen molar-refractivity contribution in [2.24, 2.45) is 23.2 Å². The Morgan fingerprint density at radius 3 is 2.94 bits per heavy atom. The summed E-state index contributed by atoms with van der Waals surface area (Å²) in [6.07, 6.45) is 11.5. The predicted molar refractivity (Wildman–Crippen MR) is 63.0 cm³/mol. The van der Waals surface area contributed by atoms with E-state index in [1.165, 1.54) is 6.42 Å². The molecule has 1 heterocycles. The third-order valence-electron chi connectivity index (χ3n) is 4.61. The summed E-state index contributed by atoms with van der Waals surface area (Å²) < 4.78 is 10.3. The van der Waals surface area contributed by atoms with Crippen LogP contribution in [0.25, 0.3) is 0 Å². The molecule has 0 aromatic rings. The van der Waals surface area contributed by atoms with Crippen LogP contribution in [0.5, 0.6) is 0 Å². The van der Waals surface area contributed by atoms with Crippen LogP contribution < -0.4 is 0 Å². The number of rotatable bonds is 2. The molecule has 2 bridgehead atoms. The van der Waals surface area contributed by atoms with E-state index in [0.29, 0.717) is 18.4 Å². The lowest BCUT2D eigenvalue weighted by molar-refractivity contribution is -0.151. The Bertz CT molecular complexity index is 385. The highest BCUT2D eigenvalue weighted by Crippen LogP contribution is 2.56. The average molecular weight is 234 g/mol. The van der Waals surface area contributed by atoms with Gasteiger partial charge in [0.25, 0.3) is 0 Å². The number of ether oxygens (including phenoxy) is 2. The molecule has 3 nitrogen and oxygen atoms in total. The number of esters is 1. The van der Waals surface area contributed by atoms with Crippen molar-refractivity contribution < 1.29 is 14.3 Å². The average Bonchev–Trinajstić information content (AvgIpc) is 2.66. The number of cyclic esters (lactones) is 1. The maximum Gasteiger partial charge on any atom is 0.313 e. The van der Waals surface area contributed by atoms with E-state index in [1.807, 2.05) is 6.08 Å². The molecule has 1 spiro atoms. The van der Waals surface area contributed by atoms with Crippen molar-refractivity contribution in [2.75, 3.05) is 13.7 Å². The molecule has 4 atom stereocenters. The maximum atomic E-state index is 12.2. The predicted octanol–water partition coefficient (Wildman–Crippen LogP) is 2.29. The summed E-state index contributed by atoms with van der Waals surface area (Å²) in [6.45, 7) is 0.510. The van der Waals surface area contributed by atoms with Crippen LogP contribution in [-0.4, -0.2) is 19.7 Å². The van der Waals surface area contributed by atoms with Gasteiger partial charge in [-0.15, -0.1) is 0 Å². The molecule has 1 saturated carbocycles. The van der Waals surface area contributed by atoms with E-state index >= 15 is 0 Å². The van der Waals surface area contributed by atoms with Crippen molar-refractivity contribution in [1.29, 1.82) is 0 Å². The summed E-state index contributed by atoms with van der Waals surface area (Å²) in [5.74, 6) is 1.09. The second-order valence-corrected chi connectivity index (χ2v) is 5.34. The first-order chi connectivity index (χ1) is 8.27. The van der Waals surface area contributed by atoms with E-state index in [4.69, 9.17) is 9.47 Å². The fourth-order valence-corrected chi connectivity index (χ4v) is 3.72. The van der Waals surface area contributed by atoms with E-state index in [2.05, 4.69) is 12.2 Å². The zero-order chi connectivity index (χ0) is 11.9. The molecule has 4 rings (SSSR count). The van der Waals surface area contributed by atoms with Crippen LogP contribution >= 0.6 is 0 Å². The molecule has 0 radical (unpaired) electrons. The van der Waals surface area contributed by atoms with Gasteiger partial charge in [-0.3, -0.25) is 4.79 Å². The molecule has 0 N–H and O–H groups in total. The van der Waals surface area contributed by atoms with E-state index in [-0.39, 0.29) is 17.3 Å². The fourth-order valence-electron chi connectivity index (χ4n) is 3.72. The van der Waals surface area contributed by atoms with Gasteiger partial charge >= 0.3 is 5.97 Å². The number of methoxy groups -OCH3 is 1. The number of hydrogen-bond acceptors (Lipinski definition) is 3. The zero-order valence-corrected chi connectivity index (χ0v) is 10.1. The van der Waals surface area contributed by atoms with Gasteiger partial charge in [0.05, 0.1) is 25.4 Å². The van der Waals surface area contributed by atoms with E-state index in [9.17, 15) is 4.79 Å². The van der Waals surface area contributed by atoms with Gasteiger partial charge in [-0.2, -0.15) is 0 Å². The monoisotopic (exact) mass is 234 g/mol. The minimum absolute atomic E-state index is 0.00213. The third-order valence-corrected chi connectivity index (χ3v) is 4.61. The van der Waals surface area contributed by atoms with Crippen LogP contribution in [-0.2, 0) is 14.3 Å². The van der Waals surface area contributed by atoms with Gasteiger partial charge in [0.1, 0.15) is 0 Å². The van der Waals surface area contributed by atoms with E-state index < -0.39 is 0 Å². The number of fused-ring (bicyclic) bond motifs is 1. The highest BCUT2D eigenvalue weighted by molar-refractivity contribution is 5.81. The summed E-state index contributed by atoms with van der Waals surface area (Å²) >= 11 is 0. The number of carbonyl (C=O) groups is 1. The Balaban J connectivity index is 1.95. The second kappa shape index (κ2) is 3.90. The molecule has 92 valence electrons. The van der Waals surface area contributed by atoms with Gasteiger partial charge in [-0.25, -0.2) is 0 Å². The molecule has 1 aliphatic heterocycles. The molecule has 2 fully saturated rings. The SMILES string of the molecule is CO/C=C/[C@H]1COC(=O)[C@@]12C[C@H]1C=C[C@@H]2CC1. The van der Waals surface area contributed by atoms with Crippen LogP contribution in [0.2, 0.25) is 0 Å². The van der Waals surface area contributed by atoms with Gasteiger partial charge < -0.3 is 9.47 Å². The standard InChI is InChI=1S/C14H18O3/c1-16-7-6-12-9-17-13(15)14(12)8-10-2-4-11(14)5-3-10/h2,4,6-7,10-12H,3,5,8-9H2,1H3/b7-6+/t10-,11+,12-,14+/m0/s1. The Morgan fingerprint density at radius 1 is 1.47 bits per heavy atom. The number of carbonyl (C=O) groups excluding carboxylic acids is 1. The summed E-state index contributed by atoms with van der Waals surface area (Å²) in [5.41, 5.74) is -0.299. The highest BCUT2D eigenvalue weighted by Gasteiger charge is 2.58. The van der Waals surface area contributed by atoms with Gasteiger partial charge in [-0.05, 0) is 37.2 Å². The minimum atomic E-state index is -0.299. The summed E-state index contributed by atoms with van der Waals surface area (Å²) in [5, 5.41) is 0. The minimum Gasteiger partial charge on any atom is -0.505 e. The second-order valence-electron chi connectivity index (χ2n) is 5.34. The molecule has 3 aliphatic carbocycles. The molecule has 0 aromatic heterocycles. The molecule has 3 heteroatoms. The van der Waals surface area contributed by atoms with E-state index in [0.717, 1.165) is 12.8 Å². The van der Waals surface area contributed by atoms with Crippen molar-refractivity contribution in [1.82, 2.24) is 0 Å². The largest absolute Gasteiger partial charge is 0.505 e. The molecule has 4 aliphatic rings. The summed E-state index contributed by atoms with van der Waals surface area (Å²) in [7, 11) is 1.63. The van der Waals surface area contributed by atoms with Crippen LogP contribution in [0.15, 0.2) is 24.5 Å². The first kappa shape index (κ1) is 10.9. The first-order valence-corrected chi connectivity index (χ1v) is 6.32. The van der Waals surface area contributed by atoms with E-state index in [1.54, 1.807) is 13.4 Å². The zero-order valence-electron chi connectivity index (χ0n) is 10.1. The molecule has 0 amide bonds. The van der Waals surface area contributed by atoms with Crippen molar-refractivity contribution >= 4 is 5.97 Å². The Hall–Kier alpha value is -1.25. The smallest absolute Gasteiger partial charge is 0.313 e. The number of allylic oxidation sites excluding steroid dienone is 2. The lowest BCUT2D eigenvalue weighted by Gasteiger charge is -2.45.